The van der Waals surface area contributed by atoms with E-state index in [9.17, 15) is 0 Å². The van der Waals surface area contributed by atoms with Gasteiger partial charge in [0.25, 0.3) is 0 Å². The van der Waals surface area contributed by atoms with Gasteiger partial charge in [0.1, 0.15) is 6.07 Å². The number of aryl methyl sites for hydroxylation is 1. The molecule has 2 aromatic rings. The van der Waals surface area contributed by atoms with E-state index < -0.39 is 0 Å². The van der Waals surface area contributed by atoms with Crippen LogP contribution in [0.3, 0.4) is 0 Å². The molecule has 1 aromatic heterocycles. The normalized spacial score (nSPS) is 9.78. The van der Waals surface area contributed by atoms with Gasteiger partial charge in [-0.3, -0.25) is 4.98 Å². The highest BCUT2D eigenvalue weighted by Crippen LogP contribution is 2.18. The first kappa shape index (κ1) is 11.9. The van der Waals surface area contributed by atoms with Gasteiger partial charge in [-0.2, -0.15) is 5.26 Å². The molecule has 0 amide bonds. The first-order chi connectivity index (χ1) is 8.70. The van der Waals surface area contributed by atoms with Gasteiger partial charge in [0, 0.05) is 24.6 Å². The maximum Gasteiger partial charge on any atom is 0.101 e. The van der Waals surface area contributed by atoms with Crippen molar-refractivity contribution in [1.29, 1.82) is 5.26 Å². The maximum atomic E-state index is 8.79. The number of nitrogen functional groups attached to an aromatic ring is 1. The summed E-state index contributed by atoms with van der Waals surface area (Å²) in [7, 11) is 0. The highest BCUT2D eigenvalue weighted by molar-refractivity contribution is 5.62. The molecule has 18 heavy (non-hydrogen) atoms. The second kappa shape index (κ2) is 5.19. The lowest BCUT2D eigenvalue weighted by Gasteiger charge is -2.09. The first-order valence-corrected chi connectivity index (χ1v) is 5.63. The fraction of sp³-hybridized carbons (Fsp3) is 0.143. The van der Waals surface area contributed by atoms with E-state index in [1.54, 1.807) is 18.3 Å². The van der Waals surface area contributed by atoms with Crippen molar-refractivity contribution in [2.45, 2.75) is 13.5 Å². The van der Waals surface area contributed by atoms with Crippen LogP contribution < -0.4 is 11.1 Å². The van der Waals surface area contributed by atoms with Gasteiger partial charge in [0.15, 0.2) is 0 Å². The summed E-state index contributed by atoms with van der Waals surface area (Å²) in [5.41, 5.74) is 9.98. The molecule has 3 N–H and O–H groups in total. The average molecular weight is 238 g/mol. The van der Waals surface area contributed by atoms with E-state index >= 15 is 0 Å². The number of anilines is 2. The third-order valence-electron chi connectivity index (χ3n) is 2.80. The number of aromatic nitrogens is 1. The Morgan fingerprint density at radius 2 is 2.22 bits per heavy atom. The summed E-state index contributed by atoms with van der Waals surface area (Å²) in [4.78, 5) is 4.09. The minimum Gasteiger partial charge on any atom is -0.398 e. The van der Waals surface area contributed by atoms with Crippen LogP contribution in [-0.2, 0) is 6.54 Å². The van der Waals surface area contributed by atoms with Crippen LogP contribution in [0.1, 0.15) is 16.7 Å². The highest BCUT2D eigenvalue weighted by atomic mass is 14.9. The minimum atomic E-state index is 0.491. The SMILES string of the molecule is Cc1ccncc1CNc1ccc(C#N)c(N)c1. The van der Waals surface area contributed by atoms with Crippen molar-refractivity contribution in [2.24, 2.45) is 0 Å². The number of hydrogen-bond donors (Lipinski definition) is 2. The van der Waals surface area contributed by atoms with E-state index in [0.29, 0.717) is 17.8 Å². The van der Waals surface area contributed by atoms with Crippen molar-refractivity contribution < 1.29 is 0 Å². The number of hydrogen-bond acceptors (Lipinski definition) is 4. The summed E-state index contributed by atoms with van der Waals surface area (Å²) < 4.78 is 0. The number of nitriles is 1. The highest BCUT2D eigenvalue weighted by Gasteiger charge is 2.01. The maximum absolute atomic E-state index is 8.79. The zero-order valence-corrected chi connectivity index (χ0v) is 10.1. The zero-order chi connectivity index (χ0) is 13.0. The molecular formula is C14H14N4. The first-order valence-electron chi connectivity index (χ1n) is 5.63. The van der Waals surface area contributed by atoms with Gasteiger partial charge in [0.2, 0.25) is 0 Å². The van der Waals surface area contributed by atoms with Crippen LogP contribution in [0, 0.1) is 18.3 Å². The van der Waals surface area contributed by atoms with E-state index in [1.807, 2.05) is 31.3 Å². The predicted molar refractivity (Wildman–Crippen MR) is 71.9 cm³/mol. The van der Waals surface area contributed by atoms with Gasteiger partial charge in [-0.15, -0.1) is 0 Å². The summed E-state index contributed by atoms with van der Waals surface area (Å²) in [5.74, 6) is 0. The van der Waals surface area contributed by atoms with Crippen LogP contribution in [0.15, 0.2) is 36.7 Å². The van der Waals surface area contributed by atoms with Crippen LogP contribution in [-0.4, -0.2) is 4.98 Å². The molecule has 0 aliphatic heterocycles. The van der Waals surface area contributed by atoms with Gasteiger partial charge >= 0.3 is 0 Å². The number of nitrogens with two attached hydrogens (primary N) is 1. The molecule has 1 heterocycles. The van der Waals surface area contributed by atoms with Gasteiger partial charge in [-0.05, 0) is 42.3 Å². The van der Waals surface area contributed by atoms with Gasteiger partial charge in [-0.1, -0.05) is 0 Å². The number of rotatable bonds is 3. The van der Waals surface area contributed by atoms with Crippen LogP contribution >= 0.6 is 0 Å². The van der Waals surface area contributed by atoms with Crippen LogP contribution in [0.25, 0.3) is 0 Å². The second-order valence-electron chi connectivity index (χ2n) is 4.07. The molecule has 0 aliphatic carbocycles. The topological polar surface area (TPSA) is 74.7 Å². The Kier molecular flexibility index (Phi) is 3.44. The molecule has 2 rings (SSSR count). The van der Waals surface area contributed by atoms with Crippen molar-refractivity contribution in [2.75, 3.05) is 11.1 Å². The zero-order valence-electron chi connectivity index (χ0n) is 10.1. The van der Waals surface area contributed by atoms with E-state index in [4.69, 9.17) is 11.0 Å². The number of benzene rings is 1. The molecule has 1 aromatic carbocycles. The summed E-state index contributed by atoms with van der Waals surface area (Å²) in [6.07, 6.45) is 3.62. The number of nitrogens with one attached hydrogen (secondary N) is 1. The molecule has 4 heteroatoms. The van der Waals surface area contributed by atoms with Crippen LogP contribution in [0.4, 0.5) is 11.4 Å². The smallest absolute Gasteiger partial charge is 0.101 e. The average Bonchev–Trinajstić information content (AvgIpc) is 2.38. The van der Waals surface area contributed by atoms with Crippen molar-refractivity contribution in [3.05, 3.63) is 53.3 Å². The number of pyridine rings is 1. The van der Waals surface area contributed by atoms with Gasteiger partial charge < -0.3 is 11.1 Å². The molecular weight excluding hydrogens is 224 g/mol. The van der Waals surface area contributed by atoms with Crippen molar-refractivity contribution in [1.82, 2.24) is 4.98 Å². The quantitative estimate of drug-likeness (QED) is 0.805. The molecule has 0 saturated carbocycles. The standard InChI is InChI=1S/C14H14N4/c1-10-4-5-17-8-12(10)9-18-13-3-2-11(7-15)14(16)6-13/h2-6,8,18H,9,16H2,1H3. The summed E-state index contributed by atoms with van der Waals surface area (Å²) >= 11 is 0. The van der Waals surface area contributed by atoms with E-state index in [2.05, 4.69) is 10.3 Å². The summed E-state index contributed by atoms with van der Waals surface area (Å²) in [6, 6.07) is 9.35. The molecule has 0 saturated heterocycles. The van der Waals surface area contributed by atoms with Crippen molar-refractivity contribution in [3.63, 3.8) is 0 Å². The van der Waals surface area contributed by atoms with E-state index in [0.717, 1.165) is 11.3 Å². The minimum absolute atomic E-state index is 0.491. The Balaban J connectivity index is 2.10. The van der Waals surface area contributed by atoms with Crippen molar-refractivity contribution in [3.8, 4) is 6.07 Å². The number of nitrogens with zero attached hydrogens (tertiary/aromatic N) is 2. The molecule has 0 bridgehead atoms. The molecule has 0 radical (unpaired) electrons. The van der Waals surface area contributed by atoms with Gasteiger partial charge in [-0.25, -0.2) is 0 Å². The Hall–Kier alpha value is -2.54. The lowest BCUT2D eigenvalue weighted by atomic mass is 10.1. The third-order valence-corrected chi connectivity index (χ3v) is 2.80. The van der Waals surface area contributed by atoms with Crippen LogP contribution in [0.2, 0.25) is 0 Å². The second-order valence-corrected chi connectivity index (χ2v) is 4.07. The Morgan fingerprint density at radius 3 is 2.89 bits per heavy atom. The lowest BCUT2D eigenvalue weighted by Crippen LogP contribution is -2.02. The fourth-order valence-electron chi connectivity index (χ4n) is 1.65. The molecule has 0 atom stereocenters. The summed E-state index contributed by atoms with van der Waals surface area (Å²) in [5, 5.41) is 12.1. The monoisotopic (exact) mass is 238 g/mol. The van der Waals surface area contributed by atoms with E-state index in [1.165, 1.54) is 5.56 Å². The van der Waals surface area contributed by atoms with Crippen molar-refractivity contribution >= 4 is 11.4 Å². The Morgan fingerprint density at radius 1 is 1.39 bits per heavy atom. The predicted octanol–water partition coefficient (Wildman–Crippen LogP) is 2.46. The largest absolute Gasteiger partial charge is 0.398 e. The van der Waals surface area contributed by atoms with Gasteiger partial charge in [0.05, 0.1) is 11.3 Å². The molecule has 0 unspecified atom stereocenters. The third kappa shape index (κ3) is 2.58. The van der Waals surface area contributed by atoms with E-state index in [-0.39, 0.29) is 0 Å². The lowest BCUT2D eigenvalue weighted by molar-refractivity contribution is 1.08. The molecule has 0 aliphatic rings. The fourth-order valence-corrected chi connectivity index (χ4v) is 1.65. The summed E-state index contributed by atoms with van der Waals surface area (Å²) in [6.45, 7) is 2.73. The molecule has 0 spiro atoms. The molecule has 0 fully saturated rings. The Bertz CT molecular complexity index is 599. The van der Waals surface area contributed by atoms with Crippen LogP contribution in [0.5, 0.6) is 0 Å². The Labute approximate surface area is 106 Å². The molecule has 4 nitrogen and oxygen atoms in total. The molecule has 90 valence electrons.